The Morgan fingerprint density at radius 3 is 2.76 bits per heavy atom. The van der Waals surface area contributed by atoms with E-state index < -0.39 is 12.0 Å². The van der Waals surface area contributed by atoms with E-state index in [0.29, 0.717) is 10.8 Å². The van der Waals surface area contributed by atoms with E-state index in [4.69, 9.17) is 11.6 Å². The Hall–Kier alpha value is -1.20. The molecule has 1 fully saturated rings. The smallest absolute Gasteiger partial charge is 0.327 e. The van der Waals surface area contributed by atoms with Gasteiger partial charge in [-0.15, -0.1) is 11.8 Å². The second-order valence-corrected chi connectivity index (χ2v) is 6.62. The molecule has 2 unspecified atom stereocenters. The molecule has 1 aromatic carbocycles. The van der Waals surface area contributed by atoms with E-state index in [2.05, 4.69) is 0 Å². The van der Waals surface area contributed by atoms with Gasteiger partial charge in [-0.1, -0.05) is 43.1 Å². The van der Waals surface area contributed by atoms with E-state index in [1.165, 1.54) is 4.90 Å². The normalized spacial score (nSPS) is 21.5. The molecular weight excluding hydrogens is 310 g/mol. The molecule has 2 rings (SSSR count). The lowest BCUT2D eigenvalue weighted by molar-refractivity contribution is -0.148. The summed E-state index contributed by atoms with van der Waals surface area (Å²) in [6.45, 7) is 2.03. The lowest BCUT2D eigenvalue weighted by Crippen LogP contribution is -2.46. The number of carbonyl (C=O) groups excluding carboxylic acids is 1. The molecule has 1 amide bonds. The number of carboxylic acids is 1. The topological polar surface area (TPSA) is 57.6 Å². The molecule has 21 heavy (non-hydrogen) atoms. The first-order valence-corrected chi connectivity index (χ1v) is 8.36. The highest BCUT2D eigenvalue weighted by atomic mass is 35.5. The number of carbonyl (C=O) groups is 2. The van der Waals surface area contributed by atoms with Crippen molar-refractivity contribution in [2.45, 2.75) is 37.6 Å². The molecule has 0 saturated carbocycles. The number of thioether (sulfide) groups is 1. The number of nitrogens with zero attached hydrogens (tertiary/aromatic N) is 1. The molecular formula is C15H18ClNO3S. The summed E-state index contributed by atoms with van der Waals surface area (Å²) in [5, 5.41) is 9.79. The van der Waals surface area contributed by atoms with E-state index in [9.17, 15) is 14.7 Å². The minimum atomic E-state index is -0.936. The number of amides is 1. The number of carboxylic acid groups (broad SMARTS) is 1. The quantitative estimate of drug-likeness (QED) is 0.903. The van der Waals surface area contributed by atoms with Gasteiger partial charge in [0, 0.05) is 10.8 Å². The molecule has 4 nitrogen and oxygen atoms in total. The summed E-state index contributed by atoms with van der Waals surface area (Å²) in [5.74, 6) is -0.651. The van der Waals surface area contributed by atoms with Gasteiger partial charge in [0.15, 0.2) is 0 Å². The molecule has 1 N–H and O–H groups in total. The zero-order valence-corrected chi connectivity index (χ0v) is 13.4. The van der Waals surface area contributed by atoms with Crippen LogP contribution in [0, 0.1) is 0 Å². The summed E-state index contributed by atoms with van der Waals surface area (Å²) in [6, 6.07) is 6.43. The third-order valence-electron chi connectivity index (χ3n) is 3.50. The molecule has 114 valence electrons. The highest BCUT2D eigenvalue weighted by Gasteiger charge is 2.40. The lowest BCUT2D eigenvalue weighted by atomic mass is 10.1. The van der Waals surface area contributed by atoms with Gasteiger partial charge in [-0.25, -0.2) is 4.79 Å². The average Bonchev–Trinajstić information content (AvgIpc) is 2.86. The van der Waals surface area contributed by atoms with E-state index in [0.717, 1.165) is 18.4 Å². The number of halogens is 1. The van der Waals surface area contributed by atoms with E-state index >= 15 is 0 Å². The molecule has 1 saturated heterocycles. The Bertz CT molecular complexity index is 537. The molecule has 1 aromatic rings. The Labute approximate surface area is 133 Å². The molecule has 1 aliphatic heterocycles. The summed E-state index contributed by atoms with van der Waals surface area (Å²) in [4.78, 5) is 25.4. The number of hydrogen-bond donors (Lipinski definition) is 1. The summed E-state index contributed by atoms with van der Waals surface area (Å²) in [7, 11) is 0. The second-order valence-electron chi connectivity index (χ2n) is 5.00. The van der Waals surface area contributed by atoms with Crippen molar-refractivity contribution in [3.05, 3.63) is 34.9 Å². The highest BCUT2D eigenvalue weighted by Crippen LogP contribution is 2.33. The number of rotatable bonds is 5. The Kier molecular flexibility index (Phi) is 5.53. The maximum absolute atomic E-state index is 12.6. The molecule has 6 heteroatoms. The first kappa shape index (κ1) is 16.2. The zero-order chi connectivity index (χ0) is 15.4. The molecule has 0 aliphatic carbocycles. The van der Waals surface area contributed by atoms with Gasteiger partial charge in [0.05, 0.1) is 11.8 Å². The van der Waals surface area contributed by atoms with Gasteiger partial charge < -0.3 is 10.0 Å². The Morgan fingerprint density at radius 1 is 1.43 bits per heavy atom. The fourth-order valence-corrected chi connectivity index (χ4v) is 4.19. The van der Waals surface area contributed by atoms with Crippen molar-refractivity contribution in [3.8, 4) is 0 Å². The highest BCUT2D eigenvalue weighted by molar-refractivity contribution is 8.00. The van der Waals surface area contributed by atoms with Gasteiger partial charge in [0.2, 0.25) is 5.91 Å². The van der Waals surface area contributed by atoms with Gasteiger partial charge in [0.1, 0.15) is 6.04 Å². The Morgan fingerprint density at radius 2 is 2.14 bits per heavy atom. The van der Waals surface area contributed by atoms with Crippen LogP contribution in [0.5, 0.6) is 0 Å². The minimum Gasteiger partial charge on any atom is -0.480 e. The van der Waals surface area contributed by atoms with Crippen molar-refractivity contribution in [2.24, 2.45) is 0 Å². The van der Waals surface area contributed by atoms with E-state index in [1.807, 2.05) is 19.1 Å². The van der Waals surface area contributed by atoms with Gasteiger partial charge >= 0.3 is 5.97 Å². The maximum atomic E-state index is 12.6. The van der Waals surface area contributed by atoms with Crippen molar-refractivity contribution in [2.75, 3.05) is 5.75 Å². The Balaban J connectivity index is 2.17. The largest absolute Gasteiger partial charge is 0.480 e. The SMILES string of the molecule is CCCC1SCC(C(=O)O)N1C(=O)Cc1ccccc1Cl. The van der Waals surface area contributed by atoms with E-state index in [1.54, 1.807) is 23.9 Å². The standard InChI is InChI=1S/C15H18ClNO3S/c1-2-5-14-17(12(9-21-14)15(19)20)13(18)8-10-6-3-4-7-11(10)16/h3-4,6-7,12,14H,2,5,8-9H2,1H3,(H,19,20). The summed E-state index contributed by atoms with van der Waals surface area (Å²) in [5.41, 5.74) is 0.737. The van der Waals surface area contributed by atoms with Gasteiger partial charge in [-0.05, 0) is 18.1 Å². The first-order chi connectivity index (χ1) is 10.0. The van der Waals surface area contributed by atoms with Crippen LogP contribution in [0.2, 0.25) is 5.02 Å². The van der Waals surface area contributed by atoms with Crippen LogP contribution in [0.3, 0.4) is 0 Å². The van der Waals surface area contributed by atoms with Crippen LogP contribution in [-0.4, -0.2) is 39.1 Å². The van der Waals surface area contributed by atoms with Gasteiger partial charge in [-0.3, -0.25) is 4.79 Å². The van der Waals surface area contributed by atoms with Crippen LogP contribution < -0.4 is 0 Å². The molecule has 0 aromatic heterocycles. The van der Waals surface area contributed by atoms with Crippen molar-refractivity contribution >= 4 is 35.2 Å². The monoisotopic (exact) mass is 327 g/mol. The molecule has 1 heterocycles. The molecule has 0 radical (unpaired) electrons. The molecule has 1 aliphatic rings. The van der Waals surface area contributed by atoms with Crippen molar-refractivity contribution in [1.29, 1.82) is 0 Å². The molecule has 0 bridgehead atoms. The van der Waals surface area contributed by atoms with Crippen LogP contribution in [0.25, 0.3) is 0 Å². The van der Waals surface area contributed by atoms with Crippen LogP contribution >= 0.6 is 23.4 Å². The van der Waals surface area contributed by atoms with E-state index in [-0.39, 0.29) is 17.7 Å². The number of hydrogen-bond acceptors (Lipinski definition) is 3. The van der Waals surface area contributed by atoms with Gasteiger partial charge in [-0.2, -0.15) is 0 Å². The number of aliphatic carboxylic acids is 1. The van der Waals surface area contributed by atoms with Crippen LogP contribution in [-0.2, 0) is 16.0 Å². The zero-order valence-electron chi connectivity index (χ0n) is 11.8. The van der Waals surface area contributed by atoms with Crippen molar-refractivity contribution in [3.63, 3.8) is 0 Å². The third-order valence-corrected chi connectivity index (χ3v) is 5.23. The van der Waals surface area contributed by atoms with Crippen molar-refractivity contribution < 1.29 is 14.7 Å². The minimum absolute atomic E-state index is 0.0499. The number of benzene rings is 1. The third kappa shape index (κ3) is 3.71. The average molecular weight is 328 g/mol. The molecule has 2 atom stereocenters. The fourth-order valence-electron chi connectivity index (χ4n) is 2.45. The predicted octanol–water partition coefficient (Wildman–Crippen LogP) is 3.04. The fraction of sp³-hybridized carbons (Fsp3) is 0.467. The second kappa shape index (κ2) is 7.18. The van der Waals surface area contributed by atoms with Gasteiger partial charge in [0.25, 0.3) is 0 Å². The van der Waals surface area contributed by atoms with Crippen LogP contribution in [0.15, 0.2) is 24.3 Å². The molecule has 0 spiro atoms. The van der Waals surface area contributed by atoms with Crippen LogP contribution in [0.4, 0.5) is 0 Å². The first-order valence-electron chi connectivity index (χ1n) is 6.93. The predicted molar refractivity (Wildman–Crippen MR) is 84.6 cm³/mol. The van der Waals surface area contributed by atoms with Crippen molar-refractivity contribution in [1.82, 2.24) is 4.90 Å². The summed E-state index contributed by atoms with van der Waals surface area (Å²) >= 11 is 7.63. The van der Waals surface area contributed by atoms with Crippen LogP contribution in [0.1, 0.15) is 25.3 Å². The summed E-state index contributed by atoms with van der Waals surface area (Å²) in [6.07, 6.45) is 1.87. The summed E-state index contributed by atoms with van der Waals surface area (Å²) < 4.78 is 0. The lowest BCUT2D eigenvalue weighted by Gasteiger charge is -2.27. The maximum Gasteiger partial charge on any atom is 0.327 e.